The zero-order valence-corrected chi connectivity index (χ0v) is 15.2. The minimum Gasteiger partial charge on any atom is -0.465 e. The van der Waals surface area contributed by atoms with Gasteiger partial charge in [-0.15, -0.1) is 0 Å². The second-order valence-electron chi connectivity index (χ2n) is 6.39. The Kier molecular flexibility index (Phi) is 7.21. The van der Waals surface area contributed by atoms with Gasteiger partial charge in [-0.3, -0.25) is 0 Å². The minimum atomic E-state index is -0.431. The van der Waals surface area contributed by atoms with Crippen LogP contribution in [0.1, 0.15) is 23.2 Å². The fourth-order valence-corrected chi connectivity index (χ4v) is 2.67. The molecule has 1 aromatic rings. The SMILES string of the molecule is COC(=O)c1cccc(NC(=O)N(CCN(C)C)CC2CCCO2)c1. The molecule has 1 N–H and O–H groups in total. The number of carbonyl (C=O) groups is 2. The van der Waals surface area contributed by atoms with Crippen LogP contribution in [0.5, 0.6) is 0 Å². The molecule has 0 aliphatic carbocycles. The highest BCUT2D eigenvalue weighted by molar-refractivity contribution is 5.93. The van der Waals surface area contributed by atoms with Crippen LogP contribution in [0.3, 0.4) is 0 Å². The number of benzene rings is 1. The summed E-state index contributed by atoms with van der Waals surface area (Å²) in [6.45, 7) is 2.70. The second kappa shape index (κ2) is 9.39. The third kappa shape index (κ3) is 6.03. The first-order valence-electron chi connectivity index (χ1n) is 8.50. The van der Waals surface area contributed by atoms with E-state index in [-0.39, 0.29) is 12.1 Å². The van der Waals surface area contributed by atoms with Crippen molar-refractivity contribution in [2.24, 2.45) is 0 Å². The molecule has 0 bridgehead atoms. The number of ether oxygens (including phenoxy) is 2. The van der Waals surface area contributed by atoms with Crippen LogP contribution in [0.4, 0.5) is 10.5 Å². The molecule has 1 unspecified atom stereocenters. The lowest BCUT2D eigenvalue weighted by Gasteiger charge is -2.27. The Labute approximate surface area is 148 Å². The predicted molar refractivity (Wildman–Crippen MR) is 95.9 cm³/mol. The van der Waals surface area contributed by atoms with Gasteiger partial charge in [-0.25, -0.2) is 9.59 Å². The zero-order chi connectivity index (χ0) is 18.2. The van der Waals surface area contributed by atoms with E-state index in [0.717, 1.165) is 26.0 Å². The normalized spacial score (nSPS) is 16.7. The average Bonchev–Trinajstić information content (AvgIpc) is 3.11. The van der Waals surface area contributed by atoms with Crippen molar-refractivity contribution in [3.05, 3.63) is 29.8 Å². The van der Waals surface area contributed by atoms with Crippen molar-refractivity contribution < 1.29 is 19.1 Å². The largest absolute Gasteiger partial charge is 0.465 e. The fraction of sp³-hybridized carbons (Fsp3) is 0.556. The van der Waals surface area contributed by atoms with Crippen molar-refractivity contribution in [3.8, 4) is 0 Å². The Morgan fingerprint density at radius 3 is 2.76 bits per heavy atom. The molecule has 0 radical (unpaired) electrons. The summed E-state index contributed by atoms with van der Waals surface area (Å²) >= 11 is 0. The summed E-state index contributed by atoms with van der Waals surface area (Å²) in [7, 11) is 5.28. The van der Waals surface area contributed by atoms with Crippen LogP contribution in [0.25, 0.3) is 0 Å². The summed E-state index contributed by atoms with van der Waals surface area (Å²) in [6.07, 6.45) is 2.10. The van der Waals surface area contributed by atoms with E-state index in [1.165, 1.54) is 7.11 Å². The van der Waals surface area contributed by atoms with Gasteiger partial charge in [0.25, 0.3) is 0 Å². The summed E-state index contributed by atoms with van der Waals surface area (Å²) < 4.78 is 10.4. The van der Waals surface area contributed by atoms with Gasteiger partial charge in [-0.05, 0) is 45.1 Å². The highest BCUT2D eigenvalue weighted by Gasteiger charge is 2.22. The monoisotopic (exact) mass is 349 g/mol. The first kappa shape index (κ1) is 19.2. The van der Waals surface area contributed by atoms with Crippen LogP contribution in [-0.4, -0.2) is 75.4 Å². The van der Waals surface area contributed by atoms with Gasteiger partial charge in [0.15, 0.2) is 0 Å². The lowest BCUT2D eigenvalue weighted by atomic mass is 10.2. The molecule has 2 amide bonds. The maximum absolute atomic E-state index is 12.7. The number of esters is 1. The Bertz CT molecular complexity index is 585. The molecule has 7 heteroatoms. The van der Waals surface area contributed by atoms with Crippen molar-refractivity contribution in [3.63, 3.8) is 0 Å². The molecular formula is C18H27N3O4. The second-order valence-corrected chi connectivity index (χ2v) is 6.39. The van der Waals surface area contributed by atoms with E-state index >= 15 is 0 Å². The summed E-state index contributed by atoms with van der Waals surface area (Å²) in [6, 6.07) is 6.53. The number of carbonyl (C=O) groups excluding carboxylic acids is 2. The molecular weight excluding hydrogens is 322 g/mol. The number of rotatable bonds is 7. The number of methoxy groups -OCH3 is 1. The fourth-order valence-electron chi connectivity index (χ4n) is 2.67. The number of nitrogens with one attached hydrogen (secondary N) is 1. The van der Waals surface area contributed by atoms with Crippen molar-refractivity contribution in [1.82, 2.24) is 9.80 Å². The molecule has 1 aliphatic heterocycles. The van der Waals surface area contributed by atoms with Gasteiger partial charge in [-0.2, -0.15) is 0 Å². The van der Waals surface area contributed by atoms with E-state index in [9.17, 15) is 9.59 Å². The van der Waals surface area contributed by atoms with Crippen LogP contribution < -0.4 is 5.32 Å². The Morgan fingerprint density at radius 2 is 2.12 bits per heavy atom. The summed E-state index contributed by atoms with van der Waals surface area (Å²) in [4.78, 5) is 28.1. The molecule has 2 rings (SSSR count). The topological polar surface area (TPSA) is 71.1 Å². The van der Waals surface area contributed by atoms with Gasteiger partial charge in [0.2, 0.25) is 0 Å². The smallest absolute Gasteiger partial charge is 0.337 e. The Hall–Kier alpha value is -2.12. The molecule has 1 aliphatic rings. The molecule has 7 nitrogen and oxygen atoms in total. The third-order valence-corrected chi connectivity index (χ3v) is 4.09. The summed E-state index contributed by atoms with van der Waals surface area (Å²) in [5, 5.41) is 2.86. The standard InChI is InChI=1S/C18H27N3O4/c1-20(2)9-10-21(13-16-8-5-11-25-16)18(23)19-15-7-4-6-14(12-15)17(22)24-3/h4,6-7,12,16H,5,8-11,13H2,1-3H3,(H,19,23). The minimum absolute atomic E-state index is 0.0920. The lowest BCUT2D eigenvalue weighted by molar-refractivity contribution is 0.0600. The molecule has 0 saturated carbocycles. The summed E-state index contributed by atoms with van der Waals surface area (Å²) in [5.41, 5.74) is 0.967. The van der Waals surface area contributed by atoms with E-state index < -0.39 is 5.97 Å². The van der Waals surface area contributed by atoms with E-state index in [0.29, 0.717) is 24.3 Å². The summed E-state index contributed by atoms with van der Waals surface area (Å²) in [5.74, 6) is -0.431. The number of anilines is 1. The van der Waals surface area contributed by atoms with Gasteiger partial charge in [0.1, 0.15) is 0 Å². The average molecular weight is 349 g/mol. The van der Waals surface area contributed by atoms with E-state index in [1.54, 1.807) is 29.2 Å². The maximum Gasteiger partial charge on any atom is 0.337 e. The number of nitrogens with zero attached hydrogens (tertiary/aromatic N) is 2. The van der Waals surface area contributed by atoms with Gasteiger partial charge in [0.05, 0.1) is 18.8 Å². The number of amides is 2. The van der Waals surface area contributed by atoms with E-state index in [1.807, 2.05) is 19.0 Å². The van der Waals surface area contributed by atoms with Crippen LogP contribution in [0, 0.1) is 0 Å². The van der Waals surface area contributed by atoms with Crippen LogP contribution in [-0.2, 0) is 9.47 Å². The number of hydrogen-bond donors (Lipinski definition) is 1. The predicted octanol–water partition coefficient (Wildman–Crippen LogP) is 2.05. The highest BCUT2D eigenvalue weighted by atomic mass is 16.5. The highest BCUT2D eigenvalue weighted by Crippen LogP contribution is 2.16. The molecule has 1 atom stereocenters. The quantitative estimate of drug-likeness (QED) is 0.763. The van der Waals surface area contributed by atoms with Crippen molar-refractivity contribution in [1.29, 1.82) is 0 Å². The molecule has 1 aromatic carbocycles. The number of urea groups is 1. The molecule has 25 heavy (non-hydrogen) atoms. The number of hydrogen-bond acceptors (Lipinski definition) is 5. The van der Waals surface area contributed by atoms with E-state index in [4.69, 9.17) is 9.47 Å². The molecule has 1 fully saturated rings. The third-order valence-electron chi connectivity index (χ3n) is 4.09. The molecule has 138 valence electrons. The molecule has 1 saturated heterocycles. The van der Waals surface area contributed by atoms with Gasteiger partial charge in [0, 0.05) is 31.9 Å². The molecule has 0 spiro atoms. The van der Waals surface area contributed by atoms with E-state index in [2.05, 4.69) is 5.32 Å². The van der Waals surface area contributed by atoms with Gasteiger partial charge < -0.3 is 24.6 Å². The van der Waals surface area contributed by atoms with Crippen molar-refractivity contribution in [2.45, 2.75) is 18.9 Å². The van der Waals surface area contributed by atoms with Crippen LogP contribution in [0.15, 0.2) is 24.3 Å². The lowest BCUT2D eigenvalue weighted by Crippen LogP contribution is -2.43. The first-order valence-corrected chi connectivity index (χ1v) is 8.50. The Balaban J connectivity index is 2.03. The number of likely N-dealkylation sites (N-methyl/N-ethyl adjacent to an activating group) is 1. The zero-order valence-electron chi connectivity index (χ0n) is 15.2. The van der Waals surface area contributed by atoms with Crippen LogP contribution in [0.2, 0.25) is 0 Å². The molecule has 0 aromatic heterocycles. The van der Waals surface area contributed by atoms with Crippen LogP contribution >= 0.6 is 0 Å². The van der Waals surface area contributed by atoms with Gasteiger partial charge >= 0.3 is 12.0 Å². The van der Waals surface area contributed by atoms with Crippen molar-refractivity contribution in [2.75, 3.05) is 52.8 Å². The maximum atomic E-state index is 12.7. The Morgan fingerprint density at radius 1 is 1.32 bits per heavy atom. The van der Waals surface area contributed by atoms with Gasteiger partial charge in [-0.1, -0.05) is 6.07 Å². The first-order chi connectivity index (χ1) is 12.0. The molecule has 1 heterocycles. The van der Waals surface area contributed by atoms with Crippen molar-refractivity contribution >= 4 is 17.7 Å².